The molecule has 1 aliphatic heterocycles. The molecule has 0 radical (unpaired) electrons. The lowest BCUT2D eigenvalue weighted by Gasteiger charge is -2.30. The van der Waals surface area contributed by atoms with E-state index in [4.69, 9.17) is 4.74 Å². The van der Waals surface area contributed by atoms with Crippen molar-refractivity contribution in [1.82, 2.24) is 4.90 Å². The average molecular weight is 344 g/mol. The Morgan fingerprint density at radius 3 is 2.52 bits per heavy atom. The number of benzene rings is 1. The van der Waals surface area contributed by atoms with Gasteiger partial charge in [-0.2, -0.15) is 5.26 Å². The van der Waals surface area contributed by atoms with E-state index in [0.717, 1.165) is 11.1 Å². The molecule has 1 aromatic rings. The summed E-state index contributed by atoms with van der Waals surface area (Å²) < 4.78 is 19.7. The van der Waals surface area contributed by atoms with Crippen LogP contribution in [0.3, 0.4) is 0 Å². The van der Waals surface area contributed by atoms with Gasteiger partial charge in [-0.3, -0.25) is 0 Å². The highest BCUT2D eigenvalue weighted by Crippen LogP contribution is 2.30. The molecular weight excluding hydrogens is 319 g/mol. The molecule has 0 unspecified atom stereocenters. The molecule has 0 atom stereocenters. The first-order valence-corrected chi connectivity index (χ1v) is 8.53. The second-order valence-corrected chi connectivity index (χ2v) is 7.60. The van der Waals surface area contributed by atoms with Gasteiger partial charge in [0.15, 0.2) is 0 Å². The van der Waals surface area contributed by atoms with E-state index in [1.54, 1.807) is 4.90 Å². The third-order valence-corrected chi connectivity index (χ3v) is 4.10. The zero-order valence-electron chi connectivity index (χ0n) is 15.5. The Kier molecular flexibility index (Phi) is 5.52. The highest BCUT2D eigenvalue weighted by molar-refractivity contribution is 5.75. The molecule has 1 heterocycles. The van der Waals surface area contributed by atoms with Gasteiger partial charge in [0, 0.05) is 13.1 Å². The van der Waals surface area contributed by atoms with Crippen LogP contribution in [0.15, 0.2) is 18.2 Å². The van der Waals surface area contributed by atoms with Gasteiger partial charge in [0.25, 0.3) is 0 Å². The van der Waals surface area contributed by atoms with E-state index in [9.17, 15) is 14.4 Å². The Morgan fingerprint density at radius 1 is 1.36 bits per heavy atom. The molecule has 4 nitrogen and oxygen atoms in total. The normalized spacial score (nSPS) is 15.0. The molecule has 0 fully saturated rings. The van der Waals surface area contributed by atoms with Gasteiger partial charge in [-0.1, -0.05) is 19.9 Å². The number of halogens is 1. The molecule has 1 amide bonds. The largest absolute Gasteiger partial charge is 0.444 e. The van der Waals surface area contributed by atoms with Crippen molar-refractivity contribution in [2.24, 2.45) is 0 Å². The number of rotatable bonds is 2. The predicted molar refractivity (Wildman–Crippen MR) is 95.6 cm³/mol. The van der Waals surface area contributed by atoms with Gasteiger partial charge in [0.1, 0.15) is 17.5 Å². The molecule has 5 heteroatoms. The summed E-state index contributed by atoms with van der Waals surface area (Å²) in [7, 11) is 0. The van der Waals surface area contributed by atoms with Crippen molar-refractivity contribution in [3.05, 3.63) is 40.7 Å². The van der Waals surface area contributed by atoms with Crippen LogP contribution in [0.2, 0.25) is 0 Å². The fraction of sp³-hybridized carbons (Fsp3) is 0.500. The van der Waals surface area contributed by atoms with Crippen LogP contribution in [-0.4, -0.2) is 29.7 Å². The van der Waals surface area contributed by atoms with Crippen LogP contribution in [0, 0.1) is 17.1 Å². The first-order chi connectivity index (χ1) is 11.6. The van der Waals surface area contributed by atoms with Crippen LogP contribution < -0.4 is 0 Å². The topological polar surface area (TPSA) is 53.3 Å². The molecule has 0 saturated heterocycles. The zero-order valence-corrected chi connectivity index (χ0v) is 15.5. The highest BCUT2D eigenvalue weighted by Gasteiger charge is 2.25. The maximum atomic E-state index is 14.3. The lowest BCUT2D eigenvalue weighted by Crippen LogP contribution is -2.39. The van der Waals surface area contributed by atoms with Crippen molar-refractivity contribution >= 4 is 11.7 Å². The molecule has 0 N–H and O–H groups in total. The monoisotopic (exact) mass is 344 g/mol. The van der Waals surface area contributed by atoms with Crippen molar-refractivity contribution in [1.29, 1.82) is 5.26 Å². The highest BCUT2D eigenvalue weighted by atomic mass is 19.1. The Labute approximate surface area is 148 Å². The van der Waals surface area contributed by atoms with E-state index in [0.29, 0.717) is 25.1 Å². The maximum absolute atomic E-state index is 14.3. The summed E-state index contributed by atoms with van der Waals surface area (Å²) in [5.74, 6) is -0.317. The second-order valence-electron chi connectivity index (χ2n) is 7.60. The van der Waals surface area contributed by atoms with Gasteiger partial charge in [-0.05, 0) is 61.9 Å². The summed E-state index contributed by atoms with van der Waals surface area (Å²) >= 11 is 0. The number of hydrogen-bond acceptors (Lipinski definition) is 3. The van der Waals surface area contributed by atoms with Gasteiger partial charge in [0.05, 0.1) is 5.56 Å². The number of nitriles is 1. The lowest BCUT2D eigenvalue weighted by molar-refractivity contribution is 0.0270. The van der Waals surface area contributed by atoms with E-state index in [1.807, 2.05) is 52.8 Å². The average Bonchev–Trinajstić information content (AvgIpc) is 2.52. The van der Waals surface area contributed by atoms with Crippen LogP contribution >= 0.6 is 0 Å². The van der Waals surface area contributed by atoms with Crippen molar-refractivity contribution < 1.29 is 13.9 Å². The first kappa shape index (κ1) is 19.0. The van der Waals surface area contributed by atoms with Crippen molar-refractivity contribution in [3.8, 4) is 6.07 Å². The third kappa shape index (κ3) is 4.60. The number of amides is 1. The molecule has 0 aromatic heterocycles. The van der Waals surface area contributed by atoms with Gasteiger partial charge in [-0.25, -0.2) is 9.18 Å². The summed E-state index contributed by atoms with van der Waals surface area (Å²) in [5.41, 5.74) is 1.93. The first-order valence-electron chi connectivity index (χ1n) is 8.53. The maximum Gasteiger partial charge on any atom is 0.410 e. The second kappa shape index (κ2) is 7.26. The zero-order chi connectivity index (χ0) is 18.8. The van der Waals surface area contributed by atoms with E-state index in [-0.39, 0.29) is 17.6 Å². The van der Waals surface area contributed by atoms with Crippen molar-refractivity contribution in [2.75, 3.05) is 13.1 Å². The minimum atomic E-state index is -0.538. The summed E-state index contributed by atoms with van der Waals surface area (Å²) in [6.45, 7) is 10.3. The van der Waals surface area contributed by atoms with Crippen molar-refractivity contribution in [3.63, 3.8) is 0 Å². The number of carbonyl (C=O) groups is 1. The van der Waals surface area contributed by atoms with Crippen LogP contribution in [0.5, 0.6) is 0 Å². The van der Waals surface area contributed by atoms with Crippen LogP contribution in [-0.2, 0) is 4.74 Å². The molecule has 0 aliphatic carbocycles. The molecule has 134 valence electrons. The molecule has 0 bridgehead atoms. The molecular formula is C20H25FN2O2. The fourth-order valence-corrected chi connectivity index (χ4v) is 2.73. The minimum absolute atomic E-state index is 0.0707. The van der Waals surface area contributed by atoms with Crippen LogP contribution in [0.4, 0.5) is 9.18 Å². The summed E-state index contributed by atoms with van der Waals surface area (Å²) in [6, 6.07) is 5.30. The summed E-state index contributed by atoms with van der Waals surface area (Å²) in [5, 5.41) is 9.33. The van der Waals surface area contributed by atoms with Crippen molar-refractivity contribution in [2.45, 2.75) is 52.6 Å². The van der Waals surface area contributed by atoms with E-state index in [2.05, 4.69) is 0 Å². The summed E-state index contributed by atoms with van der Waals surface area (Å²) in [6.07, 6.45) is 2.09. The fourth-order valence-electron chi connectivity index (χ4n) is 2.73. The Bertz CT molecular complexity index is 739. The Hall–Kier alpha value is -2.35. The number of carbonyl (C=O) groups excluding carboxylic acids is 1. The molecule has 25 heavy (non-hydrogen) atoms. The third-order valence-electron chi connectivity index (χ3n) is 4.10. The molecule has 0 saturated carbocycles. The minimum Gasteiger partial charge on any atom is -0.444 e. The van der Waals surface area contributed by atoms with Gasteiger partial charge < -0.3 is 9.64 Å². The Balaban J connectivity index is 2.27. The Morgan fingerprint density at radius 2 is 2.04 bits per heavy atom. The quantitative estimate of drug-likeness (QED) is 0.771. The van der Waals surface area contributed by atoms with E-state index in [1.165, 1.54) is 6.07 Å². The number of nitrogens with zero attached hydrogens (tertiary/aromatic N) is 2. The SMILES string of the molecule is CC(C)c1cc(F)c(C#N)c(C2=CCN(C(=O)OC(C)(C)C)CC2)c1. The van der Waals surface area contributed by atoms with Crippen LogP contribution in [0.1, 0.15) is 63.6 Å². The predicted octanol–water partition coefficient (Wildman–Crippen LogP) is 4.84. The molecule has 1 aliphatic rings. The van der Waals surface area contributed by atoms with Gasteiger partial charge in [0.2, 0.25) is 0 Å². The van der Waals surface area contributed by atoms with Gasteiger partial charge >= 0.3 is 6.09 Å². The van der Waals surface area contributed by atoms with Gasteiger partial charge in [-0.15, -0.1) is 0 Å². The molecule has 2 rings (SSSR count). The number of hydrogen-bond donors (Lipinski definition) is 0. The van der Waals surface area contributed by atoms with Crippen LogP contribution in [0.25, 0.3) is 5.57 Å². The number of ether oxygens (including phenoxy) is 1. The molecule has 1 aromatic carbocycles. The standard InChI is InChI=1S/C20H25FN2O2/c1-13(2)15-10-16(17(12-22)18(21)11-15)14-6-8-23(9-7-14)19(24)25-20(3,4)5/h6,10-11,13H,7-9H2,1-5H3. The van der Waals surface area contributed by atoms with E-state index < -0.39 is 11.4 Å². The smallest absolute Gasteiger partial charge is 0.410 e. The molecule has 0 spiro atoms. The summed E-state index contributed by atoms with van der Waals surface area (Å²) in [4.78, 5) is 13.8. The lowest BCUT2D eigenvalue weighted by atomic mass is 9.90. The van der Waals surface area contributed by atoms with E-state index >= 15 is 0 Å².